The van der Waals surface area contributed by atoms with E-state index in [2.05, 4.69) is 5.10 Å². The molecule has 0 aliphatic rings. The van der Waals surface area contributed by atoms with E-state index >= 15 is 0 Å². The molecule has 4 nitrogen and oxygen atoms in total. The standard InChI is InChI=1S/C13H12Cl3N3O/c1-7(19-6-8(5-18-19)13(17)20)2-10-11(15)3-9(14)4-12(10)16/h3-7H,2H2,1H3,(H2,17,20). The fourth-order valence-corrected chi connectivity index (χ4v) is 2.83. The van der Waals surface area contributed by atoms with Crippen molar-refractivity contribution in [2.24, 2.45) is 5.73 Å². The molecule has 2 rings (SSSR count). The van der Waals surface area contributed by atoms with Gasteiger partial charge in [0.1, 0.15) is 0 Å². The Labute approximate surface area is 131 Å². The number of rotatable bonds is 4. The molecule has 7 heteroatoms. The molecule has 20 heavy (non-hydrogen) atoms. The highest BCUT2D eigenvalue weighted by molar-refractivity contribution is 6.39. The number of aromatic nitrogens is 2. The van der Waals surface area contributed by atoms with Gasteiger partial charge >= 0.3 is 0 Å². The van der Waals surface area contributed by atoms with Gasteiger partial charge in [-0.25, -0.2) is 0 Å². The lowest BCUT2D eigenvalue weighted by Gasteiger charge is -2.14. The molecule has 1 aromatic heterocycles. The summed E-state index contributed by atoms with van der Waals surface area (Å²) in [5, 5.41) is 5.63. The number of nitrogens with two attached hydrogens (primary N) is 1. The van der Waals surface area contributed by atoms with Crippen LogP contribution < -0.4 is 5.73 Å². The maximum atomic E-state index is 11.1. The van der Waals surface area contributed by atoms with E-state index < -0.39 is 5.91 Å². The number of carbonyl (C=O) groups excluding carboxylic acids is 1. The molecule has 0 fully saturated rings. The van der Waals surface area contributed by atoms with Crippen LogP contribution >= 0.6 is 34.8 Å². The van der Waals surface area contributed by atoms with Crippen LogP contribution in [0.5, 0.6) is 0 Å². The summed E-state index contributed by atoms with van der Waals surface area (Å²) in [7, 11) is 0. The molecule has 0 radical (unpaired) electrons. The van der Waals surface area contributed by atoms with Crippen LogP contribution in [0.4, 0.5) is 0 Å². The number of hydrogen-bond donors (Lipinski definition) is 1. The van der Waals surface area contributed by atoms with Crippen molar-refractivity contribution in [1.29, 1.82) is 0 Å². The third kappa shape index (κ3) is 3.26. The second-order valence-electron chi connectivity index (χ2n) is 4.47. The van der Waals surface area contributed by atoms with E-state index in [1.165, 1.54) is 6.20 Å². The third-order valence-electron chi connectivity index (χ3n) is 2.94. The molecule has 1 aromatic carbocycles. The molecule has 0 aliphatic carbocycles. The number of halogens is 3. The first kappa shape index (κ1) is 15.2. The molecule has 0 saturated carbocycles. The van der Waals surface area contributed by atoms with E-state index in [9.17, 15) is 4.79 Å². The number of carbonyl (C=O) groups is 1. The zero-order chi connectivity index (χ0) is 14.9. The van der Waals surface area contributed by atoms with Crippen molar-refractivity contribution < 1.29 is 4.79 Å². The van der Waals surface area contributed by atoms with E-state index in [4.69, 9.17) is 40.5 Å². The predicted octanol–water partition coefficient (Wildman–Crippen LogP) is 3.75. The molecular weight excluding hydrogens is 321 g/mol. The summed E-state index contributed by atoms with van der Waals surface area (Å²) in [6, 6.07) is 3.27. The normalized spacial score (nSPS) is 12.4. The molecule has 1 unspecified atom stereocenters. The Morgan fingerprint density at radius 3 is 2.45 bits per heavy atom. The van der Waals surface area contributed by atoms with Gasteiger partial charge in [-0.15, -0.1) is 0 Å². The highest BCUT2D eigenvalue weighted by Gasteiger charge is 2.15. The van der Waals surface area contributed by atoms with Gasteiger partial charge in [0, 0.05) is 21.3 Å². The largest absolute Gasteiger partial charge is 0.366 e. The Morgan fingerprint density at radius 1 is 1.35 bits per heavy atom. The summed E-state index contributed by atoms with van der Waals surface area (Å²) in [6.07, 6.45) is 3.60. The lowest BCUT2D eigenvalue weighted by atomic mass is 10.1. The number of benzene rings is 1. The Balaban J connectivity index is 2.23. The van der Waals surface area contributed by atoms with Gasteiger partial charge in [0.15, 0.2) is 0 Å². The predicted molar refractivity (Wildman–Crippen MR) is 80.6 cm³/mol. The second-order valence-corrected chi connectivity index (χ2v) is 5.73. The lowest BCUT2D eigenvalue weighted by Crippen LogP contribution is -2.11. The van der Waals surface area contributed by atoms with Crippen molar-refractivity contribution in [3.05, 3.63) is 50.7 Å². The van der Waals surface area contributed by atoms with Gasteiger partial charge in [0.2, 0.25) is 0 Å². The van der Waals surface area contributed by atoms with Crippen molar-refractivity contribution in [2.45, 2.75) is 19.4 Å². The molecule has 106 valence electrons. The summed E-state index contributed by atoms with van der Waals surface area (Å²) >= 11 is 18.2. The van der Waals surface area contributed by atoms with Gasteiger partial charge in [-0.3, -0.25) is 9.48 Å². The molecule has 0 aliphatic heterocycles. The summed E-state index contributed by atoms with van der Waals surface area (Å²) in [6.45, 7) is 1.94. The topological polar surface area (TPSA) is 60.9 Å². The van der Waals surface area contributed by atoms with Crippen LogP contribution in [-0.4, -0.2) is 15.7 Å². The molecule has 1 atom stereocenters. The Kier molecular flexibility index (Phi) is 4.58. The van der Waals surface area contributed by atoms with E-state index in [1.807, 2.05) is 6.92 Å². The van der Waals surface area contributed by atoms with Crippen molar-refractivity contribution in [1.82, 2.24) is 9.78 Å². The van der Waals surface area contributed by atoms with Crippen LogP contribution in [-0.2, 0) is 6.42 Å². The van der Waals surface area contributed by atoms with Crippen LogP contribution in [0.1, 0.15) is 28.9 Å². The first-order valence-corrected chi connectivity index (χ1v) is 6.99. The average Bonchev–Trinajstić information content (AvgIpc) is 2.83. The van der Waals surface area contributed by atoms with Crippen LogP contribution in [0, 0.1) is 0 Å². The summed E-state index contributed by atoms with van der Waals surface area (Å²) in [5.41, 5.74) is 6.35. The quantitative estimate of drug-likeness (QED) is 0.927. The molecule has 2 N–H and O–H groups in total. The zero-order valence-corrected chi connectivity index (χ0v) is 12.9. The molecule has 2 aromatic rings. The van der Waals surface area contributed by atoms with Gasteiger partial charge in [0.05, 0.1) is 17.8 Å². The maximum absolute atomic E-state index is 11.1. The van der Waals surface area contributed by atoms with E-state index in [1.54, 1.807) is 23.0 Å². The van der Waals surface area contributed by atoms with Crippen LogP contribution in [0.2, 0.25) is 15.1 Å². The van der Waals surface area contributed by atoms with Gasteiger partial charge < -0.3 is 5.73 Å². The molecular formula is C13H12Cl3N3O. The zero-order valence-electron chi connectivity index (χ0n) is 10.6. The van der Waals surface area contributed by atoms with Crippen LogP contribution in [0.15, 0.2) is 24.5 Å². The van der Waals surface area contributed by atoms with Crippen LogP contribution in [0.3, 0.4) is 0 Å². The Hall–Kier alpha value is -1.23. The van der Waals surface area contributed by atoms with Gasteiger partial charge in [-0.05, 0) is 31.0 Å². The average molecular weight is 333 g/mol. The summed E-state index contributed by atoms with van der Waals surface area (Å²) in [4.78, 5) is 11.1. The number of hydrogen-bond acceptors (Lipinski definition) is 2. The van der Waals surface area contributed by atoms with E-state index in [-0.39, 0.29) is 6.04 Å². The minimum absolute atomic E-state index is 0.0284. The third-order valence-corrected chi connectivity index (χ3v) is 3.84. The highest BCUT2D eigenvalue weighted by Crippen LogP contribution is 2.31. The minimum atomic E-state index is -0.508. The van der Waals surface area contributed by atoms with E-state index in [0.29, 0.717) is 27.1 Å². The van der Waals surface area contributed by atoms with Crippen molar-refractivity contribution in [2.75, 3.05) is 0 Å². The molecule has 0 saturated heterocycles. The molecule has 0 spiro atoms. The Bertz CT molecular complexity index is 631. The monoisotopic (exact) mass is 331 g/mol. The van der Waals surface area contributed by atoms with Crippen molar-refractivity contribution in [3.8, 4) is 0 Å². The van der Waals surface area contributed by atoms with Gasteiger partial charge in [0.25, 0.3) is 5.91 Å². The number of nitrogens with zero attached hydrogens (tertiary/aromatic N) is 2. The number of amides is 1. The van der Waals surface area contributed by atoms with Crippen LogP contribution in [0.25, 0.3) is 0 Å². The number of primary amides is 1. The molecule has 1 amide bonds. The SMILES string of the molecule is CC(Cc1c(Cl)cc(Cl)cc1Cl)n1cc(C(N)=O)cn1. The minimum Gasteiger partial charge on any atom is -0.366 e. The second kappa shape index (κ2) is 6.04. The van der Waals surface area contributed by atoms with Gasteiger partial charge in [-0.1, -0.05) is 34.8 Å². The fraction of sp³-hybridized carbons (Fsp3) is 0.231. The highest BCUT2D eigenvalue weighted by atomic mass is 35.5. The molecule has 0 bridgehead atoms. The van der Waals surface area contributed by atoms with Crippen molar-refractivity contribution >= 4 is 40.7 Å². The molecule has 1 heterocycles. The van der Waals surface area contributed by atoms with Crippen molar-refractivity contribution in [3.63, 3.8) is 0 Å². The first-order chi connectivity index (χ1) is 9.38. The van der Waals surface area contributed by atoms with Gasteiger partial charge in [-0.2, -0.15) is 5.10 Å². The first-order valence-electron chi connectivity index (χ1n) is 5.86. The smallest absolute Gasteiger partial charge is 0.251 e. The Morgan fingerprint density at radius 2 is 1.95 bits per heavy atom. The maximum Gasteiger partial charge on any atom is 0.251 e. The fourth-order valence-electron chi connectivity index (χ4n) is 1.86. The summed E-state index contributed by atoms with van der Waals surface area (Å²) < 4.78 is 1.65. The lowest BCUT2D eigenvalue weighted by molar-refractivity contribution is 0.1000. The summed E-state index contributed by atoms with van der Waals surface area (Å²) in [5.74, 6) is -0.508. The van der Waals surface area contributed by atoms with E-state index in [0.717, 1.165) is 5.56 Å².